The fourth-order valence-corrected chi connectivity index (χ4v) is 2.73. The first-order valence-electron chi connectivity index (χ1n) is 7.31. The van der Waals surface area contributed by atoms with Gasteiger partial charge in [-0.15, -0.1) is 31.4 Å². The Hall–Kier alpha value is -0.880. The number of hydrogen-bond acceptors (Lipinski definition) is 3. The van der Waals surface area contributed by atoms with E-state index in [-0.39, 0.29) is 36.6 Å². The van der Waals surface area contributed by atoms with Crippen LogP contribution in [0, 0.1) is 0 Å². The molecule has 132 valence electrons. The Morgan fingerprint density at radius 2 is 1.96 bits per heavy atom. The molecule has 1 heterocycles. The number of rotatable bonds is 7. The topological polar surface area (TPSA) is 24.5 Å². The van der Waals surface area contributed by atoms with E-state index < -0.39 is 6.61 Å². The number of alkyl halides is 2. The van der Waals surface area contributed by atoms with Gasteiger partial charge in [-0.2, -0.15) is 8.78 Å². The largest absolute Gasteiger partial charge is 0.435 e. The third-order valence-electron chi connectivity index (χ3n) is 3.70. The van der Waals surface area contributed by atoms with Gasteiger partial charge in [0.05, 0.1) is 0 Å². The lowest BCUT2D eigenvalue weighted by atomic mass is 9.99. The number of halogens is 4. The highest BCUT2D eigenvalue weighted by molar-refractivity contribution is 5.85. The van der Waals surface area contributed by atoms with Crippen molar-refractivity contribution in [1.82, 2.24) is 10.2 Å². The summed E-state index contributed by atoms with van der Waals surface area (Å²) in [5.41, 5.74) is 1.02. The second-order valence-corrected chi connectivity index (χ2v) is 5.12. The maximum absolute atomic E-state index is 12.4. The number of benzene rings is 1. The summed E-state index contributed by atoms with van der Waals surface area (Å²) in [7, 11) is 0. The predicted octanol–water partition coefficient (Wildman–Crippen LogP) is 4.04. The average Bonchev–Trinajstić information content (AvgIpc) is 2.48. The van der Waals surface area contributed by atoms with Crippen molar-refractivity contribution in [1.29, 1.82) is 0 Å². The number of nitrogens with zero attached hydrogens (tertiary/aromatic N) is 1. The minimum Gasteiger partial charge on any atom is -0.435 e. The van der Waals surface area contributed by atoms with Crippen molar-refractivity contribution in [3.05, 3.63) is 42.5 Å². The first-order chi connectivity index (χ1) is 10.2. The van der Waals surface area contributed by atoms with Crippen LogP contribution in [-0.2, 0) is 0 Å². The van der Waals surface area contributed by atoms with Crippen molar-refractivity contribution >= 4 is 24.8 Å². The fraction of sp³-hybridized carbons (Fsp3) is 0.500. The Balaban J connectivity index is 0.00000242. The van der Waals surface area contributed by atoms with Crippen LogP contribution in [0.1, 0.15) is 24.4 Å². The zero-order chi connectivity index (χ0) is 15.1. The van der Waals surface area contributed by atoms with Crippen molar-refractivity contribution in [3.63, 3.8) is 0 Å². The Morgan fingerprint density at radius 1 is 1.26 bits per heavy atom. The van der Waals surface area contributed by atoms with Crippen LogP contribution < -0.4 is 10.1 Å². The zero-order valence-electron chi connectivity index (χ0n) is 12.9. The third-order valence-corrected chi connectivity index (χ3v) is 3.70. The van der Waals surface area contributed by atoms with Gasteiger partial charge in [-0.05, 0) is 30.5 Å². The number of allylic oxidation sites excluding steroid dienone is 1. The second kappa shape index (κ2) is 11.6. The van der Waals surface area contributed by atoms with E-state index in [2.05, 4.69) is 21.5 Å². The van der Waals surface area contributed by atoms with Gasteiger partial charge < -0.3 is 10.1 Å². The van der Waals surface area contributed by atoms with Crippen molar-refractivity contribution in [2.45, 2.75) is 25.5 Å². The number of nitrogens with one attached hydrogen (secondary N) is 1. The molecule has 1 aromatic rings. The average molecular weight is 369 g/mol. The molecule has 0 spiro atoms. The number of ether oxygens (including phenoxy) is 1. The van der Waals surface area contributed by atoms with Gasteiger partial charge >= 0.3 is 6.61 Å². The summed E-state index contributed by atoms with van der Waals surface area (Å²) in [6, 6.07) is 7.26. The van der Waals surface area contributed by atoms with Crippen LogP contribution in [0.5, 0.6) is 5.75 Å². The summed E-state index contributed by atoms with van der Waals surface area (Å²) in [6.45, 7) is 4.82. The molecule has 0 bridgehead atoms. The highest BCUT2D eigenvalue weighted by Crippen LogP contribution is 2.29. The molecule has 2 rings (SSSR count). The molecular formula is C16H24Cl2F2N2O. The van der Waals surface area contributed by atoms with Gasteiger partial charge in [-0.3, -0.25) is 4.90 Å². The molecule has 23 heavy (non-hydrogen) atoms. The predicted molar refractivity (Wildman–Crippen MR) is 94.2 cm³/mol. The SMILES string of the molecule is C=CCC[C@@H](c1cccc(OC(F)F)c1)N1CCNCC1.Cl.Cl. The molecule has 0 amide bonds. The summed E-state index contributed by atoms with van der Waals surface area (Å²) in [6.07, 6.45) is 3.73. The molecule has 1 N–H and O–H groups in total. The van der Waals surface area contributed by atoms with E-state index in [1.807, 2.05) is 12.1 Å². The molecule has 1 atom stereocenters. The summed E-state index contributed by atoms with van der Waals surface area (Å²) < 4.78 is 29.2. The van der Waals surface area contributed by atoms with Crippen molar-refractivity contribution in [2.75, 3.05) is 26.2 Å². The Bertz CT molecular complexity index is 457. The first-order valence-corrected chi connectivity index (χ1v) is 7.31. The zero-order valence-corrected chi connectivity index (χ0v) is 14.6. The molecule has 0 unspecified atom stereocenters. The molecule has 1 aliphatic rings. The van der Waals surface area contributed by atoms with E-state index in [1.54, 1.807) is 18.2 Å². The van der Waals surface area contributed by atoms with Crippen LogP contribution in [0.3, 0.4) is 0 Å². The highest BCUT2D eigenvalue weighted by Gasteiger charge is 2.22. The fourth-order valence-electron chi connectivity index (χ4n) is 2.73. The van der Waals surface area contributed by atoms with E-state index >= 15 is 0 Å². The highest BCUT2D eigenvalue weighted by atomic mass is 35.5. The van der Waals surface area contributed by atoms with E-state index in [0.717, 1.165) is 44.6 Å². The standard InChI is InChI=1S/C16H22F2N2O.2ClH/c1-2-3-7-15(20-10-8-19-9-11-20)13-5-4-6-14(12-13)21-16(17)18;;/h2,4-6,12,15-16,19H,1,3,7-11H2;2*1H/t15-;;/m0../s1. The summed E-state index contributed by atoms with van der Waals surface area (Å²) in [5.74, 6) is 0.223. The molecule has 0 aliphatic carbocycles. The maximum Gasteiger partial charge on any atom is 0.387 e. The third kappa shape index (κ3) is 7.04. The van der Waals surface area contributed by atoms with E-state index in [9.17, 15) is 8.78 Å². The lowest BCUT2D eigenvalue weighted by molar-refractivity contribution is -0.0499. The quantitative estimate of drug-likeness (QED) is 0.734. The van der Waals surface area contributed by atoms with Crippen LogP contribution in [0.25, 0.3) is 0 Å². The molecular weight excluding hydrogens is 345 g/mol. The minimum atomic E-state index is -2.79. The smallest absolute Gasteiger partial charge is 0.387 e. The maximum atomic E-state index is 12.4. The van der Waals surface area contributed by atoms with Crippen LogP contribution in [0.4, 0.5) is 8.78 Å². The van der Waals surface area contributed by atoms with Gasteiger partial charge in [-0.25, -0.2) is 0 Å². The lowest BCUT2D eigenvalue weighted by Gasteiger charge is -2.35. The summed E-state index contributed by atoms with van der Waals surface area (Å²) in [4.78, 5) is 2.39. The second-order valence-electron chi connectivity index (χ2n) is 5.12. The van der Waals surface area contributed by atoms with Gasteiger partial charge in [0.1, 0.15) is 5.75 Å². The van der Waals surface area contributed by atoms with Crippen LogP contribution in [-0.4, -0.2) is 37.7 Å². The normalized spacial score (nSPS) is 16.1. The van der Waals surface area contributed by atoms with Crippen molar-refractivity contribution in [3.8, 4) is 5.75 Å². The van der Waals surface area contributed by atoms with E-state index in [1.165, 1.54) is 0 Å². The molecule has 0 aromatic heterocycles. The van der Waals surface area contributed by atoms with Gasteiger partial charge in [0.15, 0.2) is 0 Å². The molecule has 1 saturated heterocycles. The van der Waals surface area contributed by atoms with Crippen LogP contribution in [0.15, 0.2) is 36.9 Å². The Morgan fingerprint density at radius 3 is 2.57 bits per heavy atom. The van der Waals surface area contributed by atoms with E-state index in [4.69, 9.17) is 0 Å². The number of hydrogen-bond donors (Lipinski definition) is 1. The molecule has 1 aliphatic heterocycles. The first kappa shape index (κ1) is 22.1. The molecule has 0 saturated carbocycles. The van der Waals surface area contributed by atoms with E-state index in [0.29, 0.717) is 0 Å². The minimum absolute atomic E-state index is 0. The van der Waals surface area contributed by atoms with Gasteiger partial charge in [0.25, 0.3) is 0 Å². The molecule has 0 radical (unpaired) electrons. The Kier molecular flexibility index (Phi) is 11.2. The van der Waals surface area contributed by atoms with Gasteiger partial charge in [0, 0.05) is 32.2 Å². The van der Waals surface area contributed by atoms with Gasteiger partial charge in [0.2, 0.25) is 0 Å². The Labute approximate surface area is 148 Å². The molecule has 3 nitrogen and oxygen atoms in total. The lowest BCUT2D eigenvalue weighted by Crippen LogP contribution is -2.45. The number of piperazine rings is 1. The molecule has 7 heteroatoms. The summed E-state index contributed by atoms with van der Waals surface area (Å²) in [5, 5.41) is 3.33. The molecule has 1 fully saturated rings. The summed E-state index contributed by atoms with van der Waals surface area (Å²) >= 11 is 0. The monoisotopic (exact) mass is 368 g/mol. The van der Waals surface area contributed by atoms with Crippen molar-refractivity contribution in [2.24, 2.45) is 0 Å². The van der Waals surface area contributed by atoms with Gasteiger partial charge in [-0.1, -0.05) is 18.2 Å². The van der Waals surface area contributed by atoms with Crippen molar-refractivity contribution < 1.29 is 13.5 Å². The molecule has 1 aromatic carbocycles. The van der Waals surface area contributed by atoms with Crippen LogP contribution in [0.2, 0.25) is 0 Å². The van der Waals surface area contributed by atoms with Crippen LogP contribution >= 0.6 is 24.8 Å².